The second kappa shape index (κ2) is 10.8. The molecule has 0 saturated heterocycles. The van der Waals surface area contributed by atoms with Crippen molar-refractivity contribution in [2.24, 2.45) is 7.05 Å². The van der Waals surface area contributed by atoms with Crippen molar-refractivity contribution in [2.75, 3.05) is 17.7 Å². The number of nitrogens with one attached hydrogen (secondary N) is 1. The third kappa shape index (κ3) is 6.10. The smallest absolute Gasteiger partial charge is 0.338 e. The lowest BCUT2D eigenvalue weighted by atomic mass is 10.1. The summed E-state index contributed by atoms with van der Waals surface area (Å²) in [6.07, 6.45) is 0. The summed E-state index contributed by atoms with van der Waals surface area (Å²) in [4.78, 5) is 24.0. The molecule has 8 nitrogen and oxygen atoms in total. The molecule has 2 aromatic carbocycles. The fourth-order valence-electron chi connectivity index (χ4n) is 2.93. The van der Waals surface area contributed by atoms with Crippen LogP contribution >= 0.6 is 11.8 Å². The molecule has 9 heteroatoms. The van der Waals surface area contributed by atoms with Crippen LogP contribution in [-0.2, 0) is 23.2 Å². The summed E-state index contributed by atoms with van der Waals surface area (Å²) >= 11 is 1.28. The molecule has 0 atom stereocenters. The van der Waals surface area contributed by atoms with Crippen LogP contribution in [0.25, 0.3) is 0 Å². The Morgan fingerprint density at radius 3 is 2.53 bits per heavy atom. The zero-order chi connectivity index (χ0) is 23.1. The van der Waals surface area contributed by atoms with Gasteiger partial charge in [0.05, 0.1) is 17.9 Å². The highest BCUT2D eigenvalue weighted by Crippen LogP contribution is 2.21. The average molecular weight is 455 g/mol. The van der Waals surface area contributed by atoms with Crippen molar-refractivity contribution in [2.45, 2.75) is 32.5 Å². The molecule has 1 aromatic heterocycles. The van der Waals surface area contributed by atoms with Crippen LogP contribution < -0.4 is 10.1 Å². The van der Waals surface area contributed by atoms with Gasteiger partial charge in [-0.25, -0.2) is 4.79 Å². The fraction of sp³-hybridized carbons (Fsp3) is 0.304. The largest absolute Gasteiger partial charge is 0.485 e. The molecule has 0 radical (unpaired) electrons. The Hall–Kier alpha value is -3.33. The van der Waals surface area contributed by atoms with E-state index < -0.39 is 0 Å². The lowest BCUT2D eigenvalue weighted by molar-refractivity contribution is -0.113. The highest BCUT2D eigenvalue weighted by atomic mass is 32.2. The quantitative estimate of drug-likeness (QED) is 0.387. The monoisotopic (exact) mass is 454 g/mol. The van der Waals surface area contributed by atoms with Gasteiger partial charge in [-0.3, -0.25) is 4.79 Å². The zero-order valence-corrected chi connectivity index (χ0v) is 19.4. The Morgan fingerprint density at radius 2 is 1.84 bits per heavy atom. The molecule has 0 aliphatic heterocycles. The zero-order valence-electron chi connectivity index (χ0n) is 18.5. The van der Waals surface area contributed by atoms with Gasteiger partial charge in [0.25, 0.3) is 0 Å². The van der Waals surface area contributed by atoms with E-state index in [1.165, 1.54) is 17.3 Å². The van der Waals surface area contributed by atoms with Crippen molar-refractivity contribution in [3.8, 4) is 5.75 Å². The van der Waals surface area contributed by atoms with Gasteiger partial charge in [-0.1, -0.05) is 29.5 Å². The second-order valence-corrected chi connectivity index (χ2v) is 8.09. The number of esters is 1. The Kier molecular flexibility index (Phi) is 7.88. The van der Waals surface area contributed by atoms with E-state index in [4.69, 9.17) is 9.47 Å². The number of amides is 1. The Morgan fingerprint density at radius 1 is 1.09 bits per heavy atom. The number of anilines is 1. The number of thioether (sulfide) groups is 1. The van der Waals surface area contributed by atoms with Gasteiger partial charge in [0.15, 0.2) is 11.0 Å². The van der Waals surface area contributed by atoms with E-state index in [1.807, 2.05) is 37.6 Å². The first-order valence-corrected chi connectivity index (χ1v) is 11.1. The third-order valence-electron chi connectivity index (χ3n) is 4.62. The van der Waals surface area contributed by atoms with E-state index >= 15 is 0 Å². The number of ether oxygens (including phenoxy) is 2. The molecular formula is C23H26N4O4S. The van der Waals surface area contributed by atoms with E-state index in [2.05, 4.69) is 21.6 Å². The maximum absolute atomic E-state index is 12.3. The lowest BCUT2D eigenvalue weighted by Crippen LogP contribution is -2.15. The van der Waals surface area contributed by atoms with Crippen molar-refractivity contribution in [1.29, 1.82) is 0 Å². The Labute approximate surface area is 191 Å². The molecule has 0 aliphatic carbocycles. The number of aromatic nitrogens is 3. The molecule has 0 unspecified atom stereocenters. The summed E-state index contributed by atoms with van der Waals surface area (Å²) in [6, 6.07) is 12.6. The molecule has 32 heavy (non-hydrogen) atoms. The first-order valence-electron chi connectivity index (χ1n) is 10.2. The van der Waals surface area contributed by atoms with E-state index in [0.717, 1.165) is 11.3 Å². The highest BCUT2D eigenvalue weighted by molar-refractivity contribution is 7.99. The fourth-order valence-corrected chi connectivity index (χ4v) is 3.66. The molecule has 0 saturated carbocycles. The van der Waals surface area contributed by atoms with Crippen LogP contribution in [0.3, 0.4) is 0 Å². The van der Waals surface area contributed by atoms with E-state index in [0.29, 0.717) is 28.8 Å². The van der Waals surface area contributed by atoms with Gasteiger partial charge in [-0.15, -0.1) is 10.2 Å². The van der Waals surface area contributed by atoms with E-state index in [1.54, 1.807) is 31.2 Å². The SMILES string of the molecule is CCOC(=O)c1ccc(NC(=O)CSc2nnc(COc3ccc(C)cc3C)n2C)cc1. The standard InChI is InChI=1S/C23H26N4O4S/c1-5-30-22(29)17-7-9-18(10-8-17)24-21(28)14-32-23-26-25-20(27(23)4)13-31-19-11-6-15(2)12-16(19)3/h6-12H,5,13-14H2,1-4H3,(H,24,28). The summed E-state index contributed by atoms with van der Waals surface area (Å²) in [5, 5.41) is 11.8. The van der Waals surface area contributed by atoms with Crippen molar-refractivity contribution >= 4 is 29.3 Å². The summed E-state index contributed by atoms with van der Waals surface area (Å²) in [7, 11) is 1.84. The average Bonchev–Trinajstić information content (AvgIpc) is 3.12. The topological polar surface area (TPSA) is 95.3 Å². The summed E-state index contributed by atoms with van der Waals surface area (Å²) < 4.78 is 12.6. The van der Waals surface area contributed by atoms with Crippen LogP contribution in [0.1, 0.15) is 34.2 Å². The molecule has 1 N–H and O–H groups in total. The van der Waals surface area contributed by atoms with Gasteiger partial charge in [-0.2, -0.15) is 0 Å². The maximum atomic E-state index is 12.3. The Bertz CT molecular complexity index is 1100. The second-order valence-electron chi connectivity index (χ2n) is 7.15. The molecule has 0 spiro atoms. The van der Waals surface area contributed by atoms with Gasteiger partial charge in [-0.05, 0) is 56.7 Å². The number of carbonyl (C=O) groups is 2. The van der Waals surface area contributed by atoms with Crippen LogP contribution in [0.15, 0.2) is 47.6 Å². The predicted molar refractivity (Wildman–Crippen MR) is 123 cm³/mol. The van der Waals surface area contributed by atoms with Gasteiger partial charge >= 0.3 is 5.97 Å². The summed E-state index contributed by atoms with van der Waals surface area (Å²) in [5.41, 5.74) is 3.28. The first kappa shape index (κ1) is 23.3. The van der Waals surface area contributed by atoms with Gasteiger partial charge in [0, 0.05) is 12.7 Å². The normalized spacial score (nSPS) is 10.6. The maximum Gasteiger partial charge on any atom is 0.338 e. The highest BCUT2D eigenvalue weighted by Gasteiger charge is 2.13. The molecule has 3 aromatic rings. The van der Waals surface area contributed by atoms with E-state index in [-0.39, 0.29) is 24.2 Å². The van der Waals surface area contributed by atoms with Crippen molar-refractivity contribution in [1.82, 2.24) is 14.8 Å². The van der Waals surface area contributed by atoms with Crippen molar-refractivity contribution in [3.05, 3.63) is 65.0 Å². The number of hydrogen-bond acceptors (Lipinski definition) is 7. The molecule has 168 valence electrons. The summed E-state index contributed by atoms with van der Waals surface area (Å²) in [6.45, 7) is 6.39. The molecule has 1 amide bonds. The number of hydrogen-bond donors (Lipinski definition) is 1. The summed E-state index contributed by atoms with van der Waals surface area (Å²) in [5.74, 6) is 1.07. The van der Waals surface area contributed by atoms with Crippen molar-refractivity contribution in [3.63, 3.8) is 0 Å². The minimum atomic E-state index is -0.388. The molecule has 0 bridgehead atoms. The van der Waals surface area contributed by atoms with Crippen LogP contribution in [-0.4, -0.2) is 39.0 Å². The molecular weight excluding hydrogens is 428 g/mol. The van der Waals surface area contributed by atoms with Crippen LogP contribution in [0.5, 0.6) is 5.75 Å². The Balaban J connectivity index is 1.51. The molecule has 3 rings (SSSR count). The molecule has 0 aliphatic rings. The lowest BCUT2D eigenvalue weighted by Gasteiger charge is -2.09. The minimum absolute atomic E-state index is 0.170. The minimum Gasteiger partial charge on any atom is -0.485 e. The first-order chi connectivity index (χ1) is 15.4. The van der Waals surface area contributed by atoms with Gasteiger partial charge in [0.1, 0.15) is 12.4 Å². The third-order valence-corrected chi connectivity index (χ3v) is 5.64. The van der Waals surface area contributed by atoms with Gasteiger partial charge in [0.2, 0.25) is 5.91 Å². The molecule has 0 fully saturated rings. The van der Waals surface area contributed by atoms with Crippen LogP contribution in [0.2, 0.25) is 0 Å². The molecule has 1 heterocycles. The van der Waals surface area contributed by atoms with E-state index in [9.17, 15) is 9.59 Å². The van der Waals surface area contributed by atoms with Gasteiger partial charge < -0.3 is 19.4 Å². The number of nitrogens with zero attached hydrogens (tertiary/aromatic N) is 3. The number of benzene rings is 2. The predicted octanol–water partition coefficient (Wildman–Crippen LogP) is 3.92. The van der Waals surface area contributed by atoms with Crippen LogP contribution in [0.4, 0.5) is 5.69 Å². The number of carbonyl (C=O) groups excluding carboxylic acids is 2. The number of aryl methyl sites for hydroxylation is 2. The van der Waals surface area contributed by atoms with Crippen molar-refractivity contribution < 1.29 is 19.1 Å². The number of rotatable bonds is 9. The van der Waals surface area contributed by atoms with Crippen LogP contribution in [0, 0.1) is 13.8 Å².